The van der Waals surface area contributed by atoms with Gasteiger partial charge in [-0.1, -0.05) is 19.1 Å². The van der Waals surface area contributed by atoms with Crippen molar-refractivity contribution in [2.75, 3.05) is 32.9 Å². The number of para-hydroxylation sites is 1. The smallest absolute Gasteiger partial charge is 0.165 e. The molecule has 4 nitrogen and oxygen atoms in total. The van der Waals surface area contributed by atoms with Crippen LogP contribution in [-0.4, -0.2) is 44.1 Å². The lowest BCUT2D eigenvalue weighted by molar-refractivity contribution is 0.0217. The van der Waals surface area contributed by atoms with Crippen LogP contribution in [0.25, 0.3) is 0 Å². The van der Waals surface area contributed by atoms with Gasteiger partial charge >= 0.3 is 0 Å². The predicted octanol–water partition coefficient (Wildman–Crippen LogP) is 1.97. The molecule has 0 aromatic heterocycles. The van der Waals surface area contributed by atoms with E-state index in [-0.39, 0.29) is 17.8 Å². The van der Waals surface area contributed by atoms with Crippen molar-refractivity contribution in [3.63, 3.8) is 0 Å². The standard InChI is InChI=1S/C16H24FNO3/c1-16(6-8-20-9-7-16)12-18-10-13(19)11-21-15-5-3-2-4-14(15)17/h2-5,13,18-19H,6-12H2,1H3. The number of benzene rings is 1. The van der Waals surface area contributed by atoms with Crippen molar-refractivity contribution in [1.82, 2.24) is 5.32 Å². The Morgan fingerprint density at radius 2 is 2.10 bits per heavy atom. The number of nitrogens with one attached hydrogen (secondary N) is 1. The summed E-state index contributed by atoms with van der Waals surface area (Å²) in [5.41, 5.74) is 0.227. The SMILES string of the molecule is CC1(CNCC(O)COc2ccccc2F)CCOCC1. The molecule has 1 unspecified atom stereocenters. The predicted molar refractivity (Wildman–Crippen MR) is 78.9 cm³/mol. The highest BCUT2D eigenvalue weighted by molar-refractivity contribution is 5.23. The van der Waals surface area contributed by atoms with Gasteiger partial charge in [0.05, 0.1) is 0 Å². The molecule has 0 spiro atoms. The topological polar surface area (TPSA) is 50.7 Å². The average molecular weight is 297 g/mol. The van der Waals surface area contributed by atoms with Gasteiger partial charge in [0.2, 0.25) is 0 Å². The lowest BCUT2D eigenvalue weighted by atomic mass is 9.82. The fourth-order valence-electron chi connectivity index (χ4n) is 2.39. The third kappa shape index (κ3) is 5.26. The Labute approximate surface area is 125 Å². The molecule has 21 heavy (non-hydrogen) atoms. The van der Waals surface area contributed by atoms with Crippen molar-refractivity contribution in [1.29, 1.82) is 0 Å². The van der Waals surface area contributed by atoms with E-state index in [4.69, 9.17) is 9.47 Å². The molecule has 1 atom stereocenters. The number of hydrogen-bond acceptors (Lipinski definition) is 4. The number of aliphatic hydroxyl groups is 1. The molecule has 1 aliphatic heterocycles. The van der Waals surface area contributed by atoms with E-state index in [2.05, 4.69) is 12.2 Å². The van der Waals surface area contributed by atoms with Gasteiger partial charge in [-0.05, 0) is 30.4 Å². The third-order valence-electron chi connectivity index (χ3n) is 3.90. The first-order valence-corrected chi connectivity index (χ1v) is 7.43. The van der Waals surface area contributed by atoms with E-state index in [1.165, 1.54) is 6.07 Å². The number of aliphatic hydroxyl groups excluding tert-OH is 1. The Bertz CT molecular complexity index is 435. The maximum atomic E-state index is 13.4. The van der Waals surface area contributed by atoms with Crippen LogP contribution in [0.3, 0.4) is 0 Å². The second-order valence-electron chi connectivity index (χ2n) is 5.95. The lowest BCUT2D eigenvalue weighted by Crippen LogP contribution is -2.40. The first-order chi connectivity index (χ1) is 10.1. The molecule has 0 aliphatic carbocycles. The van der Waals surface area contributed by atoms with Crippen molar-refractivity contribution in [3.8, 4) is 5.75 Å². The quantitative estimate of drug-likeness (QED) is 0.808. The highest BCUT2D eigenvalue weighted by Gasteiger charge is 2.26. The summed E-state index contributed by atoms with van der Waals surface area (Å²) in [4.78, 5) is 0. The number of ether oxygens (including phenoxy) is 2. The Balaban J connectivity index is 1.65. The molecule has 2 rings (SSSR count). The average Bonchev–Trinajstić information content (AvgIpc) is 2.47. The van der Waals surface area contributed by atoms with Gasteiger partial charge in [-0.3, -0.25) is 0 Å². The maximum Gasteiger partial charge on any atom is 0.165 e. The van der Waals surface area contributed by atoms with Crippen LogP contribution in [0.1, 0.15) is 19.8 Å². The van der Waals surface area contributed by atoms with Crippen LogP contribution >= 0.6 is 0 Å². The summed E-state index contributed by atoms with van der Waals surface area (Å²) in [6, 6.07) is 6.20. The molecule has 1 aromatic carbocycles. The molecule has 1 aromatic rings. The second kappa shape index (κ2) is 7.73. The van der Waals surface area contributed by atoms with Crippen molar-refractivity contribution in [2.24, 2.45) is 5.41 Å². The maximum absolute atomic E-state index is 13.4. The van der Waals surface area contributed by atoms with E-state index in [1.54, 1.807) is 18.2 Å². The molecule has 0 saturated carbocycles. The Morgan fingerprint density at radius 3 is 2.81 bits per heavy atom. The molecule has 2 N–H and O–H groups in total. The molecule has 0 amide bonds. The second-order valence-corrected chi connectivity index (χ2v) is 5.95. The van der Waals surface area contributed by atoms with Crippen LogP contribution in [0.2, 0.25) is 0 Å². The zero-order valence-corrected chi connectivity index (χ0v) is 12.5. The largest absolute Gasteiger partial charge is 0.488 e. The molecular weight excluding hydrogens is 273 g/mol. The van der Waals surface area contributed by atoms with Gasteiger partial charge in [-0.25, -0.2) is 4.39 Å². The summed E-state index contributed by atoms with van der Waals surface area (Å²) in [5, 5.41) is 13.1. The Hall–Kier alpha value is -1.17. The number of hydrogen-bond donors (Lipinski definition) is 2. The van der Waals surface area contributed by atoms with Gasteiger partial charge in [0.25, 0.3) is 0 Å². The molecule has 1 aliphatic rings. The van der Waals surface area contributed by atoms with Crippen molar-refractivity contribution >= 4 is 0 Å². The first-order valence-electron chi connectivity index (χ1n) is 7.43. The molecule has 0 bridgehead atoms. The van der Waals surface area contributed by atoms with E-state index in [9.17, 15) is 9.50 Å². The Kier molecular flexibility index (Phi) is 5.96. The van der Waals surface area contributed by atoms with Gasteiger partial charge < -0.3 is 19.9 Å². The third-order valence-corrected chi connectivity index (χ3v) is 3.90. The fraction of sp³-hybridized carbons (Fsp3) is 0.625. The summed E-state index contributed by atoms with van der Waals surface area (Å²) in [7, 11) is 0. The van der Waals surface area contributed by atoms with E-state index < -0.39 is 11.9 Å². The van der Waals surface area contributed by atoms with E-state index >= 15 is 0 Å². The molecular formula is C16H24FNO3. The van der Waals surface area contributed by atoms with E-state index in [0.29, 0.717) is 6.54 Å². The van der Waals surface area contributed by atoms with Gasteiger partial charge in [-0.15, -0.1) is 0 Å². The monoisotopic (exact) mass is 297 g/mol. The summed E-state index contributed by atoms with van der Waals surface area (Å²) < 4.78 is 24.0. The molecule has 1 heterocycles. The van der Waals surface area contributed by atoms with Crippen LogP contribution < -0.4 is 10.1 Å². The molecule has 1 saturated heterocycles. The minimum absolute atomic E-state index is 0.0771. The highest BCUT2D eigenvalue weighted by atomic mass is 19.1. The number of rotatable bonds is 7. The highest BCUT2D eigenvalue weighted by Crippen LogP contribution is 2.28. The summed E-state index contributed by atoms with van der Waals surface area (Å²) in [6.07, 6.45) is 1.40. The van der Waals surface area contributed by atoms with Crippen LogP contribution in [0.4, 0.5) is 4.39 Å². The van der Waals surface area contributed by atoms with Gasteiger partial charge in [0, 0.05) is 26.3 Å². The summed E-state index contributed by atoms with van der Waals surface area (Å²) >= 11 is 0. The zero-order valence-electron chi connectivity index (χ0n) is 12.5. The van der Waals surface area contributed by atoms with Gasteiger partial charge in [0.1, 0.15) is 12.7 Å². The van der Waals surface area contributed by atoms with E-state index in [0.717, 1.165) is 32.6 Å². The summed E-state index contributed by atoms with van der Waals surface area (Å²) in [6.45, 7) is 5.19. The zero-order chi connectivity index (χ0) is 15.1. The van der Waals surface area contributed by atoms with Gasteiger partial charge in [0.15, 0.2) is 11.6 Å². The van der Waals surface area contributed by atoms with Crippen LogP contribution in [0.5, 0.6) is 5.75 Å². The minimum Gasteiger partial charge on any atom is -0.488 e. The molecule has 0 radical (unpaired) electrons. The van der Waals surface area contributed by atoms with Crippen LogP contribution in [0, 0.1) is 11.2 Å². The van der Waals surface area contributed by atoms with Crippen LogP contribution in [-0.2, 0) is 4.74 Å². The minimum atomic E-state index is -0.659. The number of halogens is 1. The lowest BCUT2D eigenvalue weighted by Gasteiger charge is -2.34. The van der Waals surface area contributed by atoms with Crippen molar-refractivity contribution in [2.45, 2.75) is 25.9 Å². The first kappa shape index (κ1) is 16.2. The van der Waals surface area contributed by atoms with E-state index in [1.807, 2.05) is 0 Å². The molecule has 118 valence electrons. The van der Waals surface area contributed by atoms with Gasteiger partial charge in [-0.2, -0.15) is 0 Å². The molecule has 1 fully saturated rings. The summed E-state index contributed by atoms with van der Waals surface area (Å²) in [5.74, 6) is -0.236. The normalized spacial score (nSPS) is 19.2. The fourth-order valence-corrected chi connectivity index (χ4v) is 2.39. The van der Waals surface area contributed by atoms with Crippen LogP contribution in [0.15, 0.2) is 24.3 Å². The Morgan fingerprint density at radius 1 is 1.38 bits per heavy atom. The van der Waals surface area contributed by atoms with Crippen molar-refractivity contribution in [3.05, 3.63) is 30.1 Å². The molecule has 5 heteroatoms. The van der Waals surface area contributed by atoms with Crippen molar-refractivity contribution < 1.29 is 19.0 Å².